The van der Waals surface area contributed by atoms with Gasteiger partial charge in [-0.05, 0) is 61.4 Å². The molecule has 2 aromatic rings. The average molecular weight is 289 g/mol. The summed E-state index contributed by atoms with van der Waals surface area (Å²) in [6.07, 6.45) is 5.96. The van der Waals surface area contributed by atoms with Crippen LogP contribution in [-0.2, 0) is 0 Å². The smallest absolute Gasteiger partial charge is 0.0553 e. The molecule has 0 radical (unpaired) electrons. The number of fused-ring (bicyclic) bond motifs is 3. The van der Waals surface area contributed by atoms with Gasteiger partial charge < -0.3 is 5.32 Å². The van der Waals surface area contributed by atoms with E-state index in [0.29, 0.717) is 17.9 Å². The lowest BCUT2D eigenvalue weighted by Gasteiger charge is -2.38. The Kier molecular flexibility index (Phi) is 3.11. The van der Waals surface area contributed by atoms with Crippen molar-refractivity contribution in [1.29, 1.82) is 0 Å². The fourth-order valence-electron chi connectivity index (χ4n) is 4.24. The number of aryl methyl sites for hydroxylation is 3. The molecule has 0 amide bonds. The minimum absolute atomic E-state index is 0.411. The van der Waals surface area contributed by atoms with Crippen molar-refractivity contribution >= 4 is 5.69 Å². The van der Waals surface area contributed by atoms with Crippen LogP contribution in [-0.4, -0.2) is 0 Å². The monoisotopic (exact) mass is 289 g/mol. The van der Waals surface area contributed by atoms with E-state index in [0.717, 1.165) is 0 Å². The van der Waals surface area contributed by atoms with Crippen molar-refractivity contribution in [2.75, 3.05) is 5.32 Å². The number of rotatable bonds is 1. The van der Waals surface area contributed by atoms with Crippen molar-refractivity contribution in [2.24, 2.45) is 5.92 Å². The molecule has 1 aliphatic carbocycles. The van der Waals surface area contributed by atoms with Gasteiger partial charge in [-0.15, -0.1) is 0 Å². The number of allylic oxidation sites excluding steroid dienone is 2. The molecule has 0 bridgehead atoms. The Bertz CT molecular complexity index is 739. The highest BCUT2D eigenvalue weighted by Crippen LogP contribution is 2.50. The average Bonchev–Trinajstić information content (AvgIpc) is 2.95. The Hall–Kier alpha value is -2.02. The van der Waals surface area contributed by atoms with Crippen LogP contribution in [0.15, 0.2) is 48.6 Å². The van der Waals surface area contributed by atoms with Crippen LogP contribution in [0.2, 0.25) is 0 Å². The summed E-state index contributed by atoms with van der Waals surface area (Å²) >= 11 is 0. The number of hydrogen-bond acceptors (Lipinski definition) is 1. The first-order valence-electron chi connectivity index (χ1n) is 8.24. The third-order valence-corrected chi connectivity index (χ3v) is 5.25. The molecule has 4 rings (SSSR count). The van der Waals surface area contributed by atoms with Gasteiger partial charge in [-0.3, -0.25) is 0 Å². The Morgan fingerprint density at radius 1 is 0.955 bits per heavy atom. The lowest BCUT2D eigenvalue weighted by Crippen LogP contribution is -2.29. The van der Waals surface area contributed by atoms with Crippen molar-refractivity contribution < 1.29 is 0 Å². The van der Waals surface area contributed by atoms with Gasteiger partial charge in [0.05, 0.1) is 6.04 Å². The summed E-state index contributed by atoms with van der Waals surface area (Å²) < 4.78 is 0. The normalized spacial score (nSPS) is 25.5. The van der Waals surface area contributed by atoms with Crippen molar-refractivity contribution in [2.45, 2.75) is 39.2 Å². The predicted molar refractivity (Wildman–Crippen MR) is 93.4 cm³/mol. The third-order valence-electron chi connectivity index (χ3n) is 5.25. The van der Waals surface area contributed by atoms with Crippen LogP contribution < -0.4 is 5.32 Å². The Morgan fingerprint density at radius 3 is 2.50 bits per heavy atom. The summed E-state index contributed by atoms with van der Waals surface area (Å²) in [5.41, 5.74) is 8.34. The van der Waals surface area contributed by atoms with Gasteiger partial charge in [-0.25, -0.2) is 0 Å². The van der Waals surface area contributed by atoms with Gasteiger partial charge in [0, 0.05) is 11.6 Å². The molecular formula is C21H23N. The number of nitrogens with one attached hydrogen (secondary N) is 1. The standard InChI is InChI=1S/C21H23N/c1-13-7-9-16(10-8-13)21-18-6-4-5-17(18)20-15(3)11-14(2)12-19(20)22-21/h4-5,7-12,17-18,21-22H,6H2,1-3H3. The molecule has 1 aliphatic heterocycles. The highest BCUT2D eigenvalue weighted by Gasteiger charge is 2.38. The molecule has 2 aliphatic rings. The maximum Gasteiger partial charge on any atom is 0.0553 e. The second-order valence-corrected chi connectivity index (χ2v) is 6.93. The summed E-state index contributed by atoms with van der Waals surface area (Å²) in [5.74, 6) is 1.19. The molecule has 22 heavy (non-hydrogen) atoms. The molecule has 1 nitrogen and oxygen atoms in total. The Morgan fingerprint density at radius 2 is 1.73 bits per heavy atom. The quantitative estimate of drug-likeness (QED) is 0.689. The van der Waals surface area contributed by atoms with Crippen LogP contribution in [0.1, 0.15) is 46.2 Å². The van der Waals surface area contributed by atoms with Gasteiger partial charge in [0.2, 0.25) is 0 Å². The van der Waals surface area contributed by atoms with E-state index < -0.39 is 0 Å². The summed E-state index contributed by atoms with van der Waals surface area (Å²) in [7, 11) is 0. The molecule has 1 heterocycles. The van der Waals surface area contributed by atoms with E-state index in [1.807, 2.05) is 0 Å². The summed E-state index contributed by atoms with van der Waals surface area (Å²) in [5, 5.41) is 3.85. The van der Waals surface area contributed by atoms with Crippen LogP contribution in [0.3, 0.4) is 0 Å². The van der Waals surface area contributed by atoms with Crippen LogP contribution in [0.5, 0.6) is 0 Å². The minimum Gasteiger partial charge on any atom is -0.378 e. The highest BCUT2D eigenvalue weighted by molar-refractivity contribution is 5.63. The zero-order valence-electron chi connectivity index (χ0n) is 13.6. The van der Waals surface area contributed by atoms with E-state index in [-0.39, 0.29) is 0 Å². The van der Waals surface area contributed by atoms with Gasteiger partial charge in [0.1, 0.15) is 0 Å². The molecule has 1 heteroatoms. The third kappa shape index (κ3) is 2.08. The molecule has 0 spiro atoms. The fourth-order valence-corrected chi connectivity index (χ4v) is 4.24. The van der Waals surface area contributed by atoms with Crippen LogP contribution in [0.4, 0.5) is 5.69 Å². The van der Waals surface area contributed by atoms with Gasteiger partial charge >= 0.3 is 0 Å². The number of hydrogen-bond donors (Lipinski definition) is 1. The number of benzene rings is 2. The van der Waals surface area contributed by atoms with E-state index in [4.69, 9.17) is 0 Å². The molecule has 112 valence electrons. The van der Waals surface area contributed by atoms with Crippen LogP contribution in [0, 0.1) is 26.7 Å². The van der Waals surface area contributed by atoms with E-state index >= 15 is 0 Å². The SMILES string of the molecule is Cc1ccc(C2Nc3cc(C)cc(C)c3C3C=CCC32)cc1. The maximum atomic E-state index is 3.85. The first-order valence-corrected chi connectivity index (χ1v) is 8.24. The lowest BCUT2D eigenvalue weighted by atomic mass is 9.75. The molecule has 1 N–H and O–H groups in total. The van der Waals surface area contributed by atoms with Crippen molar-refractivity contribution in [3.05, 3.63) is 76.4 Å². The van der Waals surface area contributed by atoms with Crippen LogP contribution >= 0.6 is 0 Å². The Balaban J connectivity index is 1.82. The summed E-state index contributed by atoms with van der Waals surface area (Å²) in [6, 6.07) is 14.1. The van der Waals surface area contributed by atoms with Gasteiger partial charge in [0.15, 0.2) is 0 Å². The van der Waals surface area contributed by atoms with E-state index in [2.05, 4.69) is 74.6 Å². The first kappa shape index (κ1) is 13.6. The topological polar surface area (TPSA) is 12.0 Å². The molecule has 0 saturated carbocycles. The van der Waals surface area contributed by atoms with Gasteiger partial charge in [-0.1, -0.05) is 48.0 Å². The van der Waals surface area contributed by atoms with E-state index in [1.165, 1.54) is 39.9 Å². The molecule has 3 unspecified atom stereocenters. The Labute approximate surface area is 133 Å². The molecule has 0 saturated heterocycles. The highest BCUT2D eigenvalue weighted by atomic mass is 15.0. The summed E-state index contributed by atoms with van der Waals surface area (Å²) in [4.78, 5) is 0. The lowest BCUT2D eigenvalue weighted by molar-refractivity contribution is 0.424. The molecule has 0 aromatic heterocycles. The largest absolute Gasteiger partial charge is 0.378 e. The first-order chi connectivity index (χ1) is 10.6. The molecule has 3 atom stereocenters. The zero-order chi connectivity index (χ0) is 15.3. The van der Waals surface area contributed by atoms with Gasteiger partial charge in [0.25, 0.3) is 0 Å². The fraction of sp³-hybridized carbons (Fsp3) is 0.333. The number of anilines is 1. The second-order valence-electron chi connectivity index (χ2n) is 6.93. The van der Waals surface area contributed by atoms with Crippen molar-refractivity contribution in [3.63, 3.8) is 0 Å². The second kappa shape index (κ2) is 5.01. The maximum absolute atomic E-state index is 3.85. The molecule has 2 aromatic carbocycles. The summed E-state index contributed by atoms with van der Waals surface area (Å²) in [6.45, 7) is 6.59. The predicted octanol–water partition coefficient (Wildman–Crippen LogP) is 5.44. The molecule has 0 fully saturated rings. The minimum atomic E-state index is 0.411. The zero-order valence-corrected chi connectivity index (χ0v) is 13.6. The van der Waals surface area contributed by atoms with Gasteiger partial charge in [-0.2, -0.15) is 0 Å². The van der Waals surface area contributed by atoms with Crippen LogP contribution in [0.25, 0.3) is 0 Å². The van der Waals surface area contributed by atoms with E-state index in [1.54, 1.807) is 0 Å². The van der Waals surface area contributed by atoms with Crippen molar-refractivity contribution in [3.8, 4) is 0 Å². The van der Waals surface area contributed by atoms with E-state index in [9.17, 15) is 0 Å². The van der Waals surface area contributed by atoms with Crippen molar-refractivity contribution in [1.82, 2.24) is 0 Å². The molecular weight excluding hydrogens is 266 g/mol.